The Morgan fingerprint density at radius 2 is 1.14 bits per heavy atom. The molecular weight excluding hydrogens is 544 g/mol. The van der Waals surface area contributed by atoms with Crippen molar-refractivity contribution in [3.63, 3.8) is 0 Å². The Balaban J connectivity index is 0.000000238. The second-order valence-corrected chi connectivity index (χ2v) is 9.65. The number of pyridine rings is 2. The quantitative estimate of drug-likeness (QED) is 0.260. The third kappa shape index (κ3) is 8.78. The molecule has 0 radical (unpaired) electrons. The topological polar surface area (TPSA) is 91.9 Å². The predicted molar refractivity (Wildman–Crippen MR) is 173 cm³/mol. The van der Waals surface area contributed by atoms with Gasteiger partial charge in [-0.05, 0) is 75.2 Å². The van der Waals surface area contributed by atoms with Crippen molar-refractivity contribution in [1.82, 2.24) is 9.13 Å². The SMILES string of the molecule is C#CCOc1cc(/C=C/n2c(C)cc(=O)cc2C)ccc1OC.COc1ccc(/C=C/n2c(C)cc(=O)cc2C)cc1O. The average molecular weight is 581 g/mol. The molecule has 2 aromatic carbocycles. The van der Waals surface area contributed by atoms with E-state index in [1.165, 1.54) is 7.11 Å². The first-order valence-corrected chi connectivity index (χ1v) is 13.4. The van der Waals surface area contributed by atoms with Gasteiger partial charge in [-0.1, -0.05) is 18.1 Å². The van der Waals surface area contributed by atoms with Crippen LogP contribution in [0.4, 0.5) is 0 Å². The number of phenols is 1. The Labute approximate surface area is 251 Å². The number of benzene rings is 2. The summed E-state index contributed by atoms with van der Waals surface area (Å²) in [5, 5.41) is 9.73. The molecule has 43 heavy (non-hydrogen) atoms. The van der Waals surface area contributed by atoms with Gasteiger partial charge in [-0.2, -0.15) is 0 Å². The first-order chi connectivity index (χ1) is 20.6. The summed E-state index contributed by atoms with van der Waals surface area (Å²) in [6, 6.07) is 17.2. The molecule has 1 N–H and O–H groups in total. The van der Waals surface area contributed by atoms with Crippen molar-refractivity contribution in [1.29, 1.82) is 0 Å². The number of nitrogens with zero attached hydrogens (tertiary/aromatic N) is 2. The molecule has 0 spiro atoms. The van der Waals surface area contributed by atoms with Gasteiger partial charge in [0.25, 0.3) is 0 Å². The lowest BCUT2D eigenvalue weighted by Crippen LogP contribution is -2.08. The molecule has 2 aromatic heterocycles. The van der Waals surface area contributed by atoms with Crippen molar-refractivity contribution in [2.75, 3.05) is 20.8 Å². The number of hydrogen-bond acceptors (Lipinski definition) is 6. The van der Waals surface area contributed by atoms with Crippen molar-refractivity contribution in [2.24, 2.45) is 0 Å². The lowest BCUT2D eigenvalue weighted by molar-refractivity contribution is 0.331. The van der Waals surface area contributed by atoms with E-state index >= 15 is 0 Å². The molecule has 0 aliphatic rings. The second kappa shape index (κ2) is 15.0. The fraction of sp³-hybridized carbons (Fsp3) is 0.200. The molecule has 0 aliphatic heterocycles. The van der Waals surface area contributed by atoms with E-state index in [1.807, 2.05) is 85.6 Å². The molecule has 0 saturated carbocycles. The number of rotatable bonds is 8. The number of hydrogen-bond donors (Lipinski definition) is 1. The highest BCUT2D eigenvalue weighted by Gasteiger charge is 2.05. The summed E-state index contributed by atoms with van der Waals surface area (Å²) in [4.78, 5) is 22.8. The maximum absolute atomic E-state index is 11.5. The average Bonchev–Trinajstić information content (AvgIpc) is 2.95. The zero-order chi connectivity index (χ0) is 31.5. The molecule has 0 aliphatic carbocycles. The third-order valence-electron chi connectivity index (χ3n) is 6.46. The van der Waals surface area contributed by atoms with E-state index in [2.05, 4.69) is 5.92 Å². The van der Waals surface area contributed by atoms with Crippen LogP contribution < -0.4 is 25.1 Å². The largest absolute Gasteiger partial charge is 0.504 e. The Hall–Kier alpha value is -5.42. The summed E-state index contributed by atoms with van der Waals surface area (Å²) < 4.78 is 19.6. The highest BCUT2D eigenvalue weighted by Crippen LogP contribution is 2.29. The lowest BCUT2D eigenvalue weighted by atomic mass is 10.2. The number of phenolic OH excluding ortho intramolecular Hbond substituents is 1. The number of methoxy groups -OCH3 is 2. The Kier molecular flexibility index (Phi) is 11.2. The van der Waals surface area contributed by atoms with Gasteiger partial charge in [-0.15, -0.1) is 6.42 Å². The summed E-state index contributed by atoms with van der Waals surface area (Å²) in [5.41, 5.74) is 5.29. The van der Waals surface area contributed by atoms with Crippen LogP contribution in [0.25, 0.3) is 24.6 Å². The van der Waals surface area contributed by atoms with Crippen LogP contribution >= 0.6 is 0 Å². The summed E-state index contributed by atoms with van der Waals surface area (Å²) in [6.07, 6.45) is 12.8. The van der Waals surface area contributed by atoms with E-state index in [4.69, 9.17) is 20.6 Å². The molecule has 0 saturated heterocycles. The first kappa shape index (κ1) is 32.1. The molecule has 8 heteroatoms. The minimum absolute atomic E-state index is 0.00624. The third-order valence-corrected chi connectivity index (χ3v) is 6.46. The zero-order valence-electron chi connectivity index (χ0n) is 25.3. The number of aromatic nitrogens is 2. The highest BCUT2D eigenvalue weighted by atomic mass is 16.5. The van der Waals surface area contributed by atoms with Crippen LogP contribution in [-0.4, -0.2) is 35.1 Å². The van der Waals surface area contributed by atoms with Crippen LogP contribution in [0.2, 0.25) is 0 Å². The molecule has 0 amide bonds. The van der Waals surface area contributed by atoms with E-state index < -0.39 is 0 Å². The van der Waals surface area contributed by atoms with Crippen LogP contribution in [0.1, 0.15) is 33.9 Å². The van der Waals surface area contributed by atoms with Crippen LogP contribution in [0.5, 0.6) is 23.0 Å². The van der Waals surface area contributed by atoms with Crippen molar-refractivity contribution >= 4 is 24.6 Å². The number of aryl methyl sites for hydroxylation is 4. The van der Waals surface area contributed by atoms with Crippen LogP contribution in [-0.2, 0) is 0 Å². The maximum Gasteiger partial charge on any atom is 0.182 e. The Bertz CT molecular complexity index is 1750. The summed E-state index contributed by atoms with van der Waals surface area (Å²) in [6.45, 7) is 7.73. The summed E-state index contributed by atoms with van der Waals surface area (Å²) in [5.74, 6) is 4.21. The van der Waals surface area contributed by atoms with E-state index in [0.717, 1.165) is 33.9 Å². The second-order valence-electron chi connectivity index (χ2n) is 9.65. The van der Waals surface area contributed by atoms with Gasteiger partial charge in [0.2, 0.25) is 0 Å². The van der Waals surface area contributed by atoms with E-state index in [-0.39, 0.29) is 23.2 Å². The van der Waals surface area contributed by atoms with Gasteiger partial charge in [0.15, 0.2) is 33.9 Å². The smallest absolute Gasteiger partial charge is 0.182 e. The molecular formula is C35H36N2O6. The van der Waals surface area contributed by atoms with Crippen molar-refractivity contribution in [3.8, 4) is 35.3 Å². The summed E-state index contributed by atoms with van der Waals surface area (Å²) in [7, 11) is 3.10. The summed E-state index contributed by atoms with van der Waals surface area (Å²) >= 11 is 0. The standard InChI is InChI=1S/C19H19NO3.C16H17NO3/c1-5-10-23-19-13-16(6-7-18(19)22-4)8-9-20-14(2)11-17(21)12-15(20)3;1-11-8-14(18)9-12(2)17(11)7-6-13-4-5-16(20-3)15(19)10-13/h1,6-9,11-13H,10H2,2-4H3;4-10,19H,1-3H3/b9-8+;7-6+. The van der Waals surface area contributed by atoms with Crippen LogP contribution in [0.3, 0.4) is 0 Å². The van der Waals surface area contributed by atoms with Crippen LogP contribution in [0.15, 0.2) is 70.3 Å². The molecule has 4 rings (SSSR count). The molecule has 0 bridgehead atoms. The zero-order valence-corrected chi connectivity index (χ0v) is 25.3. The molecule has 0 fully saturated rings. The van der Waals surface area contributed by atoms with Crippen molar-refractivity contribution in [3.05, 3.63) is 115 Å². The van der Waals surface area contributed by atoms with E-state index in [1.54, 1.807) is 43.5 Å². The minimum atomic E-state index is 0.00624. The normalized spacial score (nSPS) is 10.7. The van der Waals surface area contributed by atoms with Gasteiger partial charge in [-0.3, -0.25) is 9.59 Å². The molecule has 0 atom stereocenters. The van der Waals surface area contributed by atoms with Gasteiger partial charge in [0.1, 0.15) is 6.61 Å². The molecule has 2 heterocycles. The van der Waals surface area contributed by atoms with Gasteiger partial charge >= 0.3 is 0 Å². The van der Waals surface area contributed by atoms with Crippen molar-refractivity contribution < 1.29 is 19.3 Å². The lowest BCUT2D eigenvalue weighted by Gasteiger charge is -2.10. The molecule has 0 unspecified atom stereocenters. The molecule has 8 nitrogen and oxygen atoms in total. The van der Waals surface area contributed by atoms with E-state index in [0.29, 0.717) is 17.2 Å². The maximum atomic E-state index is 11.5. The number of ether oxygens (including phenoxy) is 3. The van der Waals surface area contributed by atoms with Crippen molar-refractivity contribution in [2.45, 2.75) is 27.7 Å². The Morgan fingerprint density at radius 3 is 1.56 bits per heavy atom. The van der Waals surface area contributed by atoms with Gasteiger partial charge in [0.05, 0.1) is 14.2 Å². The number of terminal acetylenes is 1. The predicted octanol–water partition coefficient (Wildman–Crippen LogP) is 5.92. The minimum Gasteiger partial charge on any atom is -0.504 e. The number of aromatic hydroxyl groups is 1. The fourth-order valence-corrected chi connectivity index (χ4v) is 4.37. The highest BCUT2D eigenvalue weighted by molar-refractivity contribution is 5.65. The monoisotopic (exact) mass is 580 g/mol. The van der Waals surface area contributed by atoms with E-state index in [9.17, 15) is 14.7 Å². The Morgan fingerprint density at radius 1 is 0.698 bits per heavy atom. The van der Waals surface area contributed by atoms with Gasteiger partial charge in [-0.25, -0.2) is 0 Å². The van der Waals surface area contributed by atoms with Gasteiger partial charge < -0.3 is 28.5 Å². The molecule has 4 aromatic rings. The molecule has 222 valence electrons. The van der Waals surface area contributed by atoms with Crippen LogP contribution in [0, 0.1) is 40.0 Å². The fourth-order valence-electron chi connectivity index (χ4n) is 4.37. The van der Waals surface area contributed by atoms with Gasteiger partial charge in [0, 0.05) is 59.4 Å². The first-order valence-electron chi connectivity index (χ1n) is 13.4.